The highest BCUT2D eigenvalue weighted by molar-refractivity contribution is 5.91. The van der Waals surface area contributed by atoms with Gasteiger partial charge < -0.3 is 19.3 Å². The SMILES string of the molecule is CCc1c2c(nc3ccc(N=CN(C)c4ccccc4)cc13)-c1cc3c(c(=O)n1C2)COC(=O)[C@]3(O)CC. The summed E-state index contributed by atoms with van der Waals surface area (Å²) in [4.78, 5) is 37.5. The lowest BCUT2D eigenvalue weighted by Crippen LogP contribution is -2.44. The highest BCUT2D eigenvalue weighted by Gasteiger charge is 2.45. The fourth-order valence-electron chi connectivity index (χ4n) is 5.52. The summed E-state index contributed by atoms with van der Waals surface area (Å²) in [5, 5.41) is 12.1. The number of nitrogens with zero attached hydrogens (tertiary/aromatic N) is 4. The molecule has 6 rings (SSSR count). The minimum Gasteiger partial charge on any atom is -0.458 e. The molecule has 0 aliphatic carbocycles. The normalized spacial score (nSPS) is 17.8. The Kier molecular flexibility index (Phi) is 5.65. The third-order valence-electron chi connectivity index (χ3n) is 7.69. The summed E-state index contributed by atoms with van der Waals surface area (Å²) in [6.07, 6.45) is 2.66. The predicted molar refractivity (Wildman–Crippen MR) is 147 cm³/mol. The highest BCUT2D eigenvalue weighted by atomic mass is 16.6. The number of hydrogen-bond donors (Lipinski definition) is 1. The van der Waals surface area contributed by atoms with E-state index >= 15 is 0 Å². The largest absolute Gasteiger partial charge is 0.458 e. The van der Waals surface area contributed by atoms with Crippen LogP contribution in [0.2, 0.25) is 0 Å². The molecule has 192 valence electrons. The minimum atomic E-state index is -1.84. The number of aromatic nitrogens is 2. The minimum absolute atomic E-state index is 0.114. The summed E-state index contributed by atoms with van der Waals surface area (Å²) in [6.45, 7) is 4.04. The molecule has 38 heavy (non-hydrogen) atoms. The first-order chi connectivity index (χ1) is 18.4. The summed E-state index contributed by atoms with van der Waals surface area (Å²) in [6, 6.07) is 17.7. The molecule has 0 unspecified atom stereocenters. The number of rotatable bonds is 5. The van der Waals surface area contributed by atoms with Crippen LogP contribution in [0.1, 0.15) is 42.5 Å². The van der Waals surface area contributed by atoms with E-state index in [1.807, 2.05) is 60.5 Å². The summed E-state index contributed by atoms with van der Waals surface area (Å²) in [5.74, 6) is -0.721. The lowest BCUT2D eigenvalue weighted by Gasteiger charge is -2.31. The third kappa shape index (κ3) is 3.55. The van der Waals surface area contributed by atoms with Crippen LogP contribution in [0.15, 0.2) is 64.4 Å². The monoisotopic (exact) mass is 508 g/mol. The molecule has 2 aromatic heterocycles. The maximum atomic E-state index is 13.5. The fourth-order valence-corrected chi connectivity index (χ4v) is 5.52. The van der Waals surface area contributed by atoms with Gasteiger partial charge in [-0.3, -0.25) is 4.79 Å². The first-order valence-electron chi connectivity index (χ1n) is 12.8. The number of esters is 1. The van der Waals surface area contributed by atoms with Gasteiger partial charge in [-0.25, -0.2) is 14.8 Å². The summed E-state index contributed by atoms with van der Waals surface area (Å²) in [7, 11) is 1.96. The average Bonchev–Trinajstić information content (AvgIpc) is 3.31. The van der Waals surface area contributed by atoms with Crippen molar-refractivity contribution in [3.8, 4) is 11.4 Å². The van der Waals surface area contributed by atoms with Crippen molar-refractivity contribution in [2.24, 2.45) is 4.99 Å². The number of benzene rings is 2. The zero-order valence-corrected chi connectivity index (χ0v) is 21.6. The second-order valence-electron chi connectivity index (χ2n) is 9.77. The van der Waals surface area contributed by atoms with Gasteiger partial charge in [0, 0.05) is 29.2 Å². The molecule has 1 atom stereocenters. The molecular weight excluding hydrogens is 480 g/mol. The van der Waals surface area contributed by atoms with Crippen LogP contribution < -0.4 is 10.5 Å². The lowest BCUT2D eigenvalue weighted by atomic mass is 9.86. The van der Waals surface area contributed by atoms with Crippen molar-refractivity contribution in [1.29, 1.82) is 0 Å². The standard InChI is InChI=1S/C30H28N4O4/c1-4-20-21-13-18(31-17-33(3)19-9-7-6-8-10-19)11-12-25(21)32-27-22(20)15-34-26(27)14-24-23(28(34)35)16-38-29(36)30(24,37)5-2/h6-14,17,37H,4-5,15-16H2,1-3H3/t30-/m0/s1. The van der Waals surface area contributed by atoms with Crippen molar-refractivity contribution < 1.29 is 14.6 Å². The zero-order chi connectivity index (χ0) is 26.6. The number of aliphatic imine (C=N–C) groups is 1. The van der Waals surface area contributed by atoms with Crippen LogP contribution in [0.5, 0.6) is 0 Å². The van der Waals surface area contributed by atoms with Crippen LogP contribution >= 0.6 is 0 Å². The molecule has 0 amide bonds. The van der Waals surface area contributed by atoms with Gasteiger partial charge in [0.1, 0.15) is 6.61 Å². The number of aryl methyl sites for hydroxylation is 1. The quantitative estimate of drug-likeness (QED) is 0.214. The zero-order valence-electron chi connectivity index (χ0n) is 21.6. The number of hydrogen-bond acceptors (Lipinski definition) is 6. The Morgan fingerprint density at radius 2 is 1.92 bits per heavy atom. The number of cyclic esters (lactones) is 1. The Bertz CT molecular complexity index is 1690. The van der Waals surface area contributed by atoms with E-state index in [2.05, 4.69) is 11.9 Å². The lowest BCUT2D eigenvalue weighted by molar-refractivity contribution is -0.172. The first-order valence-corrected chi connectivity index (χ1v) is 12.8. The van der Waals surface area contributed by atoms with E-state index < -0.39 is 11.6 Å². The van der Waals surface area contributed by atoms with Crippen LogP contribution in [0.3, 0.4) is 0 Å². The number of para-hydroxylation sites is 1. The van der Waals surface area contributed by atoms with E-state index in [4.69, 9.17) is 9.72 Å². The smallest absolute Gasteiger partial charge is 0.343 e. The number of anilines is 1. The molecule has 8 heteroatoms. The second-order valence-corrected chi connectivity index (χ2v) is 9.77. The molecule has 1 N–H and O–H groups in total. The number of fused-ring (bicyclic) bond motifs is 5. The summed E-state index contributed by atoms with van der Waals surface area (Å²) < 4.78 is 6.86. The molecule has 0 fully saturated rings. The Hall–Kier alpha value is -4.30. The molecular formula is C30H28N4O4. The molecule has 2 aliphatic heterocycles. The molecule has 4 aromatic rings. The highest BCUT2D eigenvalue weighted by Crippen LogP contribution is 2.40. The van der Waals surface area contributed by atoms with Crippen molar-refractivity contribution in [3.05, 3.63) is 87.2 Å². The Morgan fingerprint density at radius 1 is 1.13 bits per heavy atom. The number of pyridine rings is 2. The van der Waals surface area contributed by atoms with Crippen molar-refractivity contribution in [3.63, 3.8) is 0 Å². The van der Waals surface area contributed by atoms with E-state index in [0.29, 0.717) is 29.1 Å². The summed E-state index contributed by atoms with van der Waals surface area (Å²) >= 11 is 0. The average molecular weight is 509 g/mol. The van der Waals surface area contributed by atoms with Crippen LogP contribution in [0.4, 0.5) is 11.4 Å². The van der Waals surface area contributed by atoms with Crippen LogP contribution in [0.25, 0.3) is 22.3 Å². The van der Waals surface area contributed by atoms with E-state index in [9.17, 15) is 14.7 Å². The van der Waals surface area contributed by atoms with Crippen LogP contribution in [0, 0.1) is 0 Å². The number of aliphatic hydroxyl groups is 1. The third-order valence-corrected chi connectivity index (χ3v) is 7.69. The molecule has 0 spiro atoms. The number of carbonyl (C=O) groups excluding carboxylic acids is 1. The van der Waals surface area contributed by atoms with Crippen molar-refractivity contribution in [2.75, 3.05) is 11.9 Å². The van der Waals surface area contributed by atoms with E-state index in [1.54, 1.807) is 23.9 Å². The molecule has 0 saturated heterocycles. The maximum absolute atomic E-state index is 13.5. The van der Waals surface area contributed by atoms with Crippen LogP contribution in [-0.2, 0) is 34.7 Å². The van der Waals surface area contributed by atoms with E-state index in [0.717, 1.165) is 39.8 Å². The van der Waals surface area contributed by atoms with Gasteiger partial charge >= 0.3 is 5.97 Å². The topological polar surface area (TPSA) is 97.0 Å². The van der Waals surface area contributed by atoms with Crippen molar-refractivity contribution in [2.45, 2.75) is 45.4 Å². The molecule has 8 nitrogen and oxygen atoms in total. The first kappa shape index (κ1) is 24.1. The van der Waals surface area contributed by atoms with Gasteiger partial charge in [0.2, 0.25) is 0 Å². The Balaban J connectivity index is 1.45. The summed E-state index contributed by atoms with van der Waals surface area (Å²) in [5.41, 5.74) is 4.64. The molecule has 0 saturated carbocycles. The maximum Gasteiger partial charge on any atom is 0.343 e. The van der Waals surface area contributed by atoms with Gasteiger partial charge in [-0.15, -0.1) is 0 Å². The molecule has 0 bridgehead atoms. The van der Waals surface area contributed by atoms with Gasteiger partial charge in [0.25, 0.3) is 5.56 Å². The van der Waals surface area contributed by atoms with Gasteiger partial charge in [-0.1, -0.05) is 32.0 Å². The number of carbonyl (C=O) groups is 1. The van der Waals surface area contributed by atoms with Crippen LogP contribution in [-0.4, -0.2) is 34.0 Å². The molecule has 2 aliphatic rings. The molecule has 0 radical (unpaired) electrons. The van der Waals surface area contributed by atoms with Gasteiger partial charge in [-0.2, -0.15) is 0 Å². The Morgan fingerprint density at radius 3 is 2.66 bits per heavy atom. The van der Waals surface area contributed by atoms with Crippen molar-refractivity contribution >= 4 is 34.6 Å². The second kappa shape index (κ2) is 8.92. The number of ether oxygens (including phenoxy) is 1. The molecule has 4 heterocycles. The van der Waals surface area contributed by atoms with Gasteiger partial charge in [0.15, 0.2) is 5.60 Å². The molecule has 2 aromatic carbocycles. The Labute approximate surface area is 219 Å². The predicted octanol–water partition coefficient (Wildman–Crippen LogP) is 4.44. The van der Waals surface area contributed by atoms with E-state index in [-0.39, 0.29) is 18.6 Å². The van der Waals surface area contributed by atoms with Gasteiger partial charge in [-0.05, 0) is 54.8 Å². The van der Waals surface area contributed by atoms with Crippen molar-refractivity contribution in [1.82, 2.24) is 9.55 Å². The van der Waals surface area contributed by atoms with Gasteiger partial charge in [0.05, 0.1) is 41.0 Å². The fraction of sp³-hybridized carbons (Fsp3) is 0.267. The van der Waals surface area contributed by atoms with E-state index in [1.165, 1.54) is 0 Å².